The number of aromatic nitrogens is 5. The molecule has 1 aromatic carbocycles. The van der Waals surface area contributed by atoms with Crippen LogP contribution < -0.4 is 16.6 Å². The van der Waals surface area contributed by atoms with Crippen molar-refractivity contribution in [2.24, 2.45) is 0 Å². The first kappa shape index (κ1) is 22.9. The highest BCUT2D eigenvalue weighted by atomic mass is 16.4. The summed E-state index contributed by atoms with van der Waals surface area (Å²) in [5.41, 5.74) is 10.4. The first-order valence-electron chi connectivity index (χ1n) is 10.8. The number of rotatable bonds is 6. The van der Waals surface area contributed by atoms with Gasteiger partial charge < -0.3 is 20.0 Å². The first-order chi connectivity index (χ1) is 16.4. The van der Waals surface area contributed by atoms with E-state index in [-0.39, 0.29) is 29.0 Å². The van der Waals surface area contributed by atoms with Crippen molar-refractivity contribution in [1.82, 2.24) is 30.0 Å². The number of benzene rings is 1. The third-order valence-electron chi connectivity index (χ3n) is 5.33. The van der Waals surface area contributed by atoms with Crippen molar-refractivity contribution in [3.63, 3.8) is 0 Å². The van der Waals surface area contributed by atoms with E-state index in [1.165, 1.54) is 6.07 Å². The maximum atomic E-state index is 12.3. The maximum absolute atomic E-state index is 12.3. The van der Waals surface area contributed by atoms with Crippen molar-refractivity contribution < 1.29 is 4.42 Å². The van der Waals surface area contributed by atoms with Gasteiger partial charge in [0.1, 0.15) is 0 Å². The summed E-state index contributed by atoms with van der Waals surface area (Å²) < 4.78 is 7.48. The molecule has 0 fully saturated rings. The number of nitrogens with two attached hydrogens (primary N) is 1. The molecule has 9 heteroatoms. The van der Waals surface area contributed by atoms with Gasteiger partial charge in [-0.2, -0.15) is 0 Å². The van der Waals surface area contributed by atoms with E-state index in [1.54, 1.807) is 30.0 Å². The lowest BCUT2D eigenvalue weighted by molar-refractivity contribution is 0.581. The Morgan fingerprint density at radius 3 is 2.74 bits per heavy atom. The Balaban J connectivity index is 1.71. The SMILES string of the molecule is CC#CC(C)n1cc(-c2cnc(N)c(-c3nnc(-c4ccc(CNC)cc4C)o3)n2)ccc1=O. The first-order valence-corrected chi connectivity index (χ1v) is 10.8. The average molecular weight is 456 g/mol. The molecule has 1 unspecified atom stereocenters. The lowest BCUT2D eigenvalue weighted by Gasteiger charge is -2.11. The number of anilines is 1. The number of nitrogen functional groups attached to an aromatic ring is 1. The van der Waals surface area contributed by atoms with E-state index >= 15 is 0 Å². The second-order valence-electron chi connectivity index (χ2n) is 7.81. The standard InChI is InChI=1S/C25H25N7O2/c1-5-6-16(3)32-14-18(8-10-21(32)33)20-13-28-23(26)22(29-20)25-31-30-24(34-25)19-9-7-17(12-27-4)11-15(19)2/h7-11,13-14,16,27H,12H2,1-4H3,(H2,26,28). The van der Waals surface area contributed by atoms with E-state index in [0.717, 1.165) is 23.2 Å². The van der Waals surface area contributed by atoms with Gasteiger partial charge in [-0.1, -0.05) is 18.1 Å². The smallest absolute Gasteiger partial charge is 0.270 e. The minimum atomic E-state index is -0.278. The van der Waals surface area contributed by atoms with Crippen LogP contribution in [0.5, 0.6) is 0 Å². The van der Waals surface area contributed by atoms with E-state index < -0.39 is 0 Å². The molecule has 0 radical (unpaired) electrons. The van der Waals surface area contributed by atoms with Crippen LogP contribution in [-0.2, 0) is 6.54 Å². The summed E-state index contributed by atoms with van der Waals surface area (Å²) in [5.74, 6) is 6.52. The fraction of sp³-hybridized carbons (Fsp3) is 0.240. The predicted molar refractivity (Wildman–Crippen MR) is 131 cm³/mol. The second kappa shape index (κ2) is 9.68. The van der Waals surface area contributed by atoms with Gasteiger partial charge in [0.25, 0.3) is 11.4 Å². The molecule has 3 aromatic heterocycles. The number of nitrogens with one attached hydrogen (secondary N) is 1. The normalized spacial score (nSPS) is 11.6. The van der Waals surface area contributed by atoms with Crippen LogP contribution in [-0.4, -0.2) is 31.8 Å². The Labute approximate surface area is 197 Å². The van der Waals surface area contributed by atoms with Crippen molar-refractivity contribution in [3.8, 4) is 46.1 Å². The summed E-state index contributed by atoms with van der Waals surface area (Å²) in [4.78, 5) is 21.2. The monoisotopic (exact) mass is 455 g/mol. The van der Waals surface area contributed by atoms with Crippen molar-refractivity contribution >= 4 is 5.82 Å². The largest absolute Gasteiger partial charge is 0.414 e. The number of nitrogens with zero attached hydrogens (tertiary/aromatic N) is 5. The predicted octanol–water partition coefficient (Wildman–Crippen LogP) is 3.22. The van der Waals surface area contributed by atoms with Crippen molar-refractivity contribution in [1.29, 1.82) is 0 Å². The fourth-order valence-electron chi connectivity index (χ4n) is 3.64. The lowest BCUT2D eigenvalue weighted by atomic mass is 10.1. The van der Waals surface area contributed by atoms with E-state index in [2.05, 4.69) is 43.4 Å². The molecule has 0 amide bonds. The Bertz CT molecular complexity index is 1460. The van der Waals surface area contributed by atoms with Gasteiger partial charge >= 0.3 is 0 Å². The van der Waals surface area contributed by atoms with Crippen molar-refractivity contribution in [2.75, 3.05) is 12.8 Å². The summed E-state index contributed by atoms with van der Waals surface area (Å²) in [6.45, 7) is 6.35. The summed E-state index contributed by atoms with van der Waals surface area (Å²) in [7, 11) is 1.90. The zero-order chi connectivity index (χ0) is 24.2. The zero-order valence-electron chi connectivity index (χ0n) is 19.5. The Hall–Kier alpha value is -4.29. The van der Waals surface area contributed by atoms with Gasteiger partial charge in [-0.15, -0.1) is 16.1 Å². The Morgan fingerprint density at radius 2 is 2.00 bits per heavy atom. The van der Waals surface area contributed by atoms with Gasteiger partial charge in [0.15, 0.2) is 11.5 Å². The van der Waals surface area contributed by atoms with E-state index in [9.17, 15) is 4.79 Å². The minimum Gasteiger partial charge on any atom is -0.414 e. The quantitative estimate of drug-likeness (QED) is 0.425. The molecule has 0 saturated heterocycles. The van der Waals surface area contributed by atoms with Gasteiger partial charge in [-0.25, -0.2) is 9.97 Å². The molecule has 0 aliphatic rings. The van der Waals surface area contributed by atoms with E-state index in [0.29, 0.717) is 17.1 Å². The molecule has 3 heterocycles. The molecule has 4 aromatic rings. The zero-order valence-corrected chi connectivity index (χ0v) is 19.5. The third-order valence-corrected chi connectivity index (χ3v) is 5.33. The molecule has 4 rings (SSSR count). The van der Waals surface area contributed by atoms with Crippen molar-refractivity contribution in [3.05, 3.63) is 64.2 Å². The van der Waals surface area contributed by atoms with Crippen LogP contribution in [0.1, 0.15) is 31.0 Å². The summed E-state index contributed by atoms with van der Waals surface area (Å²) in [6, 6.07) is 8.92. The van der Waals surface area contributed by atoms with Crippen LogP contribution >= 0.6 is 0 Å². The molecular formula is C25H25N7O2. The van der Waals surface area contributed by atoms with Crippen LogP contribution in [0.15, 0.2) is 51.9 Å². The van der Waals surface area contributed by atoms with E-state index in [4.69, 9.17) is 10.2 Å². The van der Waals surface area contributed by atoms with E-state index in [1.807, 2.05) is 33.0 Å². The molecule has 0 aliphatic carbocycles. The number of aryl methyl sites for hydroxylation is 1. The van der Waals surface area contributed by atoms with Gasteiger partial charge in [0.2, 0.25) is 5.89 Å². The van der Waals surface area contributed by atoms with Gasteiger partial charge in [0.05, 0.1) is 17.9 Å². The fourth-order valence-corrected chi connectivity index (χ4v) is 3.64. The molecule has 3 N–H and O–H groups in total. The number of hydrogen-bond donors (Lipinski definition) is 2. The molecule has 0 aliphatic heterocycles. The van der Waals surface area contributed by atoms with Crippen LogP contribution in [0, 0.1) is 18.8 Å². The van der Waals surface area contributed by atoms with Gasteiger partial charge in [-0.05, 0) is 51.1 Å². The topological polar surface area (TPSA) is 125 Å². The lowest BCUT2D eigenvalue weighted by Crippen LogP contribution is -2.21. The molecule has 34 heavy (non-hydrogen) atoms. The molecule has 0 saturated carbocycles. The minimum absolute atomic E-state index is 0.153. The summed E-state index contributed by atoms with van der Waals surface area (Å²) in [6.07, 6.45) is 3.25. The molecule has 172 valence electrons. The Kier molecular flexibility index (Phi) is 6.52. The van der Waals surface area contributed by atoms with Crippen LogP contribution in [0.2, 0.25) is 0 Å². The van der Waals surface area contributed by atoms with Crippen LogP contribution in [0.25, 0.3) is 34.3 Å². The molecular weight excluding hydrogens is 430 g/mol. The van der Waals surface area contributed by atoms with Crippen LogP contribution in [0.3, 0.4) is 0 Å². The van der Waals surface area contributed by atoms with Crippen molar-refractivity contribution in [2.45, 2.75) is 33.4 Å². The van der Waals surface area contributed by atoms with Gasteiger partial charge in [-0.3, -0.25) is 4.79 Å². The number of hydrogen-bond acceptors (Lipinski definition) is 8. The summed E-state index contributed by atoms with van der Waals surface area (Å²) >= 11 is 0. The highest BCUT2D eigenvalue weighted by Gasteiger charge is 2.18. The molecule has 1 atom stereocenters. The van der Waals surface area contributed by atoms with Gasteiger partial charge in [0, 0.05) is 29.9 Å². The summed E-state index contributed by atoms with van der Waals surface area (Å²) in [5, 5.41) is 11.5. The Morgan fingerprint density at radius 1 is 1.21 bits per heavy atom. The molecule has 9 nitrogen and oxygen atoms in total. The maximum Gasteiger partial charge on any atom is 0.270 e. The highest BCUT2D eigenvalue weighted by molar-refractivity contribution is 5.69. The third kappa shape index (κ3) is 4.58. The second-order valence-corrected chi connectivity index (χ2v) is 7.81. The number of pyridine rings is 1. The molecule has 0 spiro atoms. The van der Waals surface area contributed by atoms with Crippen LogP contribution in [0.4, 0.5) is 5.82 Å². The average Bonchev–Trinajstić information content (AvgIpc) is 3.30. The molecule has 0 bridgehead atoms. The highest BCUT2D eigenvalue weighted by Crippen LogP contribution is 2.29.